The molecule has 7 heteroatoms. The van der Waals surface area contributed by atoms with E-state index in [9.17, 15) is 10.1 Å². The molecule has 1 aromatic heterocycles. The summed E-state index contributed by atoms with van der Waals surface area (Å²) in [5.41, 5.74) is 1.03. The highest BCUT2D eigenvalue weighted by atomic mass is 16.3. The first-order valence-corrected chi connectivity index (χ1v) is 7.47. The molecule has 1 aromatic carbocycles. The molecule has 0 radical (unpaired) electrons. The minimum atomic E-state index is -0.292. The Morgan fingerprint density at radius 3 is 2.83 bits per heavy atom. The summed E-state index contributed by atoms with van der Waals surface area (Å²) < 4.78 is 1.51. The first-order valence-electron chi connectivity index (χ1n) is 7.47. The van der Waals surface area contributed by atoms with Gasteiger partial charge in [0.2, 0.25) is 5.91 Å². The van der Waals surface area contributed by atoms with Crippen molar-refractivity contribution in [1.29, 1.82) is 5.26 Å². The van der Waals surface area contributed by atoms with Crippen LogP contribution in [-0.2, 0) is 4.79 Å². The van der Waals surface area contributed by atoms with E-state index in [1.165, 1.54) is 10.9 Å². The molecule has 24 heavy (non-hydrogen) atoms. The van der Waals surface area contributed by atoms with Crippen molar-refractivity contribution in [2.24, 2.45) is 0 Å². The Kier molecular flexibility index (Phi) is 6.25. The Bertz CT molecular complexity index is 733. The number of nitrogens with zero attached hydrogens (tertiary/aromatic N) is 4. The highest BCUT2D eigenvalue weighted by Gasteiger charge is 2.16. The zero-order valence-corrected chi connectivity index (χ0v) is 13.2. The van der Waals surface area contributed by atoms with Gasteiger partial charge in [-0.25, -0.2) is 4.68 Å². The van der Waals surface area contributed by atoms with Crippen LogP contribution in [0.2, 0.25) is 0 Å². The summed E-state index contributed by atoms with van der Waals surface area (Å²) in [6.45, 7) is 4.51. The second-order valence-electron chi connectivity index (χ2n) is 5.06. The predicted octanol–water partition coefficient (Wildman–Crippen LogP) is 1.16. The minimum Gasteiger partial charge on any atom is -0.395 e. The molecule has 0 saturated heterocycles. The van der Waals surface area contributed by atoms with Gasteiger partial charge in [-0.1, -0.05) is 24.3 Å². The molecule has 1 amide bonds. The second-order valence-corrected chi connectivity index (χ2v) is 5.06. The molecule has 0 aliphatic heterocycles. The van der Waals surface area contributed by atoms with Gasteiger partial charge in [0, 0.05) is 13.1 Å². The number of carbonyl (C=O) groups excluding carboxylic acids is 1. The van der Waals surface area contributed by atoms with Crippen LogP contribution in [0.25, 0.3) is 5.69 Å². The summed E-state index contributed by atoms with van der Waals surface area (Å²) >= 11 is 0. The Hall–Kier alpha value is -2.95. The van der Waals surface area contributed by atoms with E-state index >= 15 is 0 Å². The molecular weight excluding hydrogens is 306 g/mol. The normalized spacial score (nSPS) is 10.4. The molecule has 2 aromatic rings. The Morgan fingerprint density at radius 1 is 1.46 bits per heavy atom. The van der Waals surface area contributed by atoms with Crippen molar-refractivity contribution in [2.75, 3.05) is 31.6 Å². The van der Waals surface area contributed by atoms with E-state index in [1.807, 2.05) is 36.4 Å². The smallest absolute Gasteiger partial charge is 0.239 e. The lowest BCUT2D eigenvalue weighted by molar-refractivity contribution is -0.117. The molecular formula is C17H19N5O2. The molecule has 0 fully saturated rings. The number of nitriles is 1. The van der Waals surface area contributed by atoms with Crippen LogP contribution in [-0.4, -0.2) is 51.9 Å². The van der Waals surface area contributed by atoms with Gasteiger partial charge < -0.3 is 10.4 Å². The van der Waals surface area contributed by atoms with Crippen molar-refractivity contribution in [3.63, 3.8) is 0 Å². The fourth-order valence-electron chi connectivity index (χ4n) is 2.25. The minimum absolute atomic E-state index is 0.0491. The molecule has 1 heterocycles. The van der Waals surface area contributed by atoms with E-state index in [-0.39, 0.29) is 24.6 Å². The third kappa shape index (κ3) is 4.29. The molecule has 124 valence electrons. The summed E-state index contributed by atoms with van der Waals surface area (Å²) in [5.74, 6) is 0.0377. The second kappa shape index (κ2) is 8.62. The van der Waals surface area contributed by atoms with Crippen molar-refractivity contribution in [3.8, 4) is 11.8 Å². The van der Waals surface area contributed by atoms with E-state index in [0.29, 0.717) is 18.9 Å². The van der Waals surface area contributed by atoms with Crippen LogP contribution in [0.5, 0.6) is 0 Å². The molecule has 0 saturated carbocycles. The van der Waals surface area contributed by atoms with Crippen molar-refractivity contribution in [2.45, 2.75) is 0 Å². The van der Waals surface area contributed by atoms with Crippen molar-refractivity contribution in [3.05, 3.63) is 54.7 Å². The number of benzene rings is 1. The lowest BCUT2D eigenvalue weighted by Crippen LogP contribution is -2.35. The number of amides is 1. The summed E-state index contributed by atoms with van der Waals surface area (Å²) in [6, 6.07) is 11.3. The standard InChI is InChI=1S/C17H19N5O2/c1-2-8-21(9-10-23)13-16(24)20-17-14(11-18)12-19-22(17)15-6-4-3-5-7-15/h2-7,12,23H,1,8-10,13H2,(H,20,24). The highest BCUT2D eigenvalue weighted by molar-refractivity contribution is 5.93. The summed E-state index contributed by atoms with van der Waals surface area (Å²) in [4.78, 5) is 14.1. The van der Waals surface area contributed by atoms with Crippen molar-refractivity contribution in [1.82, 2.24) is 14.7 Å². The molecule has 0 aliphatic rings. The van der Waals surface area contributed by atoms with Gasteiger partial charge in [-0.2, -0.15) is 10.4 Å². The van der Waals surface area contributed by atoms with Crippen molar-refractivity contribution < 1.29 is 9.90 Å². The maximum atomic E-state index is 12.3. The molecule has 0 atom stereocenters. The van der Waals surface area contributed by atoms with Crippen LogP contribution in [0.1, 0.15) is 5.56 Å². The number of aliphatic hydroxyl groups is 1. The predicted molar refractivity (Wildman–Crippen MR) is 90.6 cm³/mol. The zero-order chi connectivity index (χ0) is 17.4. The van der Waals surface area contributed by atoms with Gasteiger partial charge in [-0.05, 0) is 12.1 Å². The Labute approximate surface area is 140 Å². The quantitative estimate of drug-likeness (QED) is 0.710. The third-order valence-electron chi connectivity index (χ3n) is 3.32. The highest BCUT2D eigenvalue weighted by Crippen LogP contribution is 2.19. The van der Waals surface area contributed by atoms with Gasteiger partial charge in [0.05, 0.1) is 25.0 Å². The summed E-state index contributed by atoms with van der Waals surface area (Å²) in [7, 11) is 0. The zero-order valence-electron chi connectivity index (χ0n) is 13.2. The van der Waals surface area contributed by atoms with Gasteiger partial charge in [-0.3, -0.25) is 9.69 Å². The Morgan fingerprint density at radius 2 is 2.21 bits per heavy atom. The lowest BCUT2D eigenvalue weighted by atomic mass is 10.3. The van der Waals surface area contributed by atoms with Gasteiger partial charge >= 0.3 is 0 Å². The fourth-order valence-corrected chi connectivity index (χ4v) is 2.25. The number of rotatable bonds is 8. The first-order chi connectivity index (χ1) is 11.7. The van der Waals surface area contributed by atoms with Gasteiger partial charge in [0.1, 0.15) is 11.6 Å². The van der Waals surface area contributed by atoms with Gasteiger partial charge in [0.25, 0.3) is 0 Å². The molecule has 0 unspecified atom stereocenters. The average Bonchev–Trinajstić information content (AvgIpc) is 2.98. The molecule has 0 spiro atoms. The number of anilines is 1. The van der Waals surface area contributed by atoms with Crippen LogP contribution in [0.3, 0.4) is 0 Å². The lowest BCUT2D eigenvalue weighted by Gasteiger charge is -2.19. The number of para-hydroxylation sites is 1. The van der Waals surface area contributed by atoms with Gasteiger partial charge in [-0.15, -0.1) is 6.58 Å². The number of aliphatic hydroxyl groups excluding tert-OH is 1. The molecule has 0 aliphatic carbocycles. The molecule has 2 N–H and O–H groups in total. The number of hydrogen-bond donors (Lipinski definition) is 2. The third-order valence-corrected chi connectivity index (χ3v) is 3.32. The van der Waals surface area contributed by atoms with E-state index in [1.54, 1.807) is 11.0 Å². The monoisotopic (exact) mass is 325 g/mol. The van der Waals surface area contributed by atoms with Crippen LogP contribution < -0.4 is 5.32 Å². The SMILES string of the molecule is C=CCN(CCO)CC(=O)Nc1c(C#N)cnn1-c1ccccc1. The van der Waals surface area contributed by atoms with E-state index in [4.69, 9.17) is 5.11 Å². The summed E-state index contributed by atoms with van der Waals surface area (Å²) in [5, 5.41) is 25.2. The molecule has 7 nitrogen and oxygen atoms in total. The summed E-state index contributed by atoms with van der Waals surface area (Å²) in [6.07, 6.45) is 3.08. The van der Waals surface area contributed by atoms with Gasteiger partial charge in [0.15, 0.2) is 5.82 Å². The fraction of sp³-hybridized carbons (Fsp3) is 0.235. The Balaban J connectivity index is 2.19. The molecule has 0 bridgehead atoms. The van der Waals surface area contributed by atoms with Crippen molar-refractivity contribution >= 4 is 11.7 Å². The van der Waals surface area contributed by atoms with Crippen LogP contribution in [0.15, 0.2) is 49.2 Å². The van der Waals surface area contributed by atoms with Crippen LogP contribution >= 0.6 is 0 Å². The number of nitrogens with one attached hydrogen (secondary N) is 1. The maximum Gasteiger partial charge on any atom is 0.239 e. The van der Waals surface area contributed by atoms with Crippen LogP contribution in [0, 0.1) is 11.3 Å². The number of aromatic nitrogens is 2. The number of hydrogen-bond acceptors (Lipinski definition) is 5. The maximum absolute atomic E-state index is 12.3. The first kappa shape index (κ1) is 17.4. The van der Waals surface area contributed by atoms with Crippen LogP contribution in [0.4, 0.5) is 5.82 Å². The van der Waals surface area contributed by atoms with E-state index < -0.39 is 0 Å². The topological polar surface area (TPSA) is 94.2 Å². The largest absolute Gasteiger partial charge is 0.395 e. The number of carbonyl (C=O) groups is 1. The van der Waals surface area contributed by atoms with E-state index in [2.05, 4.69) is 17.0 Å². The average molecular weight is 325 g/mol. The molecule has 2 rings (SSSR count). The van der Waals surface area contributed by atoms with E-state index in [0.717, 1.165) is 5.69 Å².